The van der Waals surface area contributed by atoms with Gasteiger partial charge in [-0.3, -0.25) is 4.79 Å². The Morgan fingerprint density at radius 2 is 2.00 bits per heavy atom. The number of carbonyl (C=O) groups is 1. The predicted octanol–water partition coefficient (Wildman–Crippen LogP) is 3.55. The van der Waals surface area contributed by atoms with Crippen molar-refractivity contribution in [3.8, 4) is 0 Å². The summed E-state index contributed by atoms with van der Waals surface area (Å²) >= 11 is 3.47. The average molecular weight is 312 g/mol. The highest BCUT2D eigenvalue weighted by Crippen LogP contribution is 2.08. The molecule has 1 rings (SSSR count). The van der Waals surface area contributed by atoms with E-state index in [1.165, 1.54) is 5.56 Å². The molecular weight excluding hydrogens is 290 g/mol. The van der Waals surface area contributed by atoms with Gasteiger partial charge in [-0.05, 0) is 17.9 Å². The van der Waals surface area contributed by atoms with Gasteiger partial charge in [0, 0.05) is 17.8 Å². The zero-order valence-corrected chi connectivity index (χ0v) is 12.7. The standard InChI is InChI=1S/C15H22BrNO/c1-3-12(2)9-15(18)17-14(11-16)10-13-7-5-4-6-8-13/h4-8,12,14H,3,9-11H2,1-2H3,(H,17,18). The molecule has 0 bridgehead atoms. The van der Waals surface area contributed by atoms with Gasteiger partial charge in [-0.25, -0.2) is 0 Å². The van der Waals surface area contributed by atoms with Gasteiger partial charge in [-0.2, -0.15) is 0 Å². The summed E-state index contributed by atoms with van der Waals surface area (Å²) in [5.74, 6) is 0.613. The zero-order valence-electron chi connectivity index (χ0n) is 11.2. The van der Waals surface area contributed by atoms with E-state index in [1.54, 1.807) is 0 Å². The largest absolute Gasteiger partial charge is 0.352 e. The van der Waals surface area contributed by atoms with E-state index < -0.39 is 0 Å². The molecule has 0 saturated heterocycles. The lowest BCUT2D eigenvalue weighted by Gasteiger charge is -2.17. The molecule has 0 spiro atoms. The maximum absolute atomic E-state index is 11.8. The smallest absolute Gasteiger partial charge is 0.220 e. The number of nitrogens with one attached hydrogen (secondary N) is 1. The van der Waals surface area contributed by atoms with Crippen LogP contribution >= 0.6 is 15.9 Å². The first-order valence-corrected chi connectivity index (χ1v) is 7.67. The highest BCUT2D eigenvalue weighted by atomic mass is 79.9. The van der Waals surface area contributed by atoms with E-state index in [0.29, 0.717) is 12.3 Å². The van der Waals surface area contributed by atoms with Crippen molar-refractivity contribution in [2.75, 3.05) is 5.33 Å². The van der Waals surface area contributed by atoms with Crippen LogP contribution < -0.4 is 5.32 Å². The monoisotopic (exact) mass is 311 g/mol. The molecule has 3 heteroatoms. The number of benzene rings is 1. The molecule has 0 aliphatic carbocycles. The number of hydrogen-bond acceptors (Lipinski definition) is 1. The van der Waals surface area contributed by atoms with Crippen molar-refractivity contribution in [3.63, 3.8) is 0 Å². The van der Waals surface area contributed by atoms with Gasteiger partial charge in [0.2, 0.25) is 5.91 Å². The van der Waals surface area contributed by atoms with E-state index in [4.69, 9.17) is 0 Å². The number of hydrogen-bond donors (Lipinski definition) is 1. The summed E-state index contributed by atoms with van der Waals surface area (Å²) in [6.07, 6.45) is 2.54. The molecule has 2 atom stereocenters. The fraction of sp³-hybridized carbons (Fsp3) is 0.533. The molecular formula is C15H22BrNO. The van der Waals surface area contributed by atoms with E-state index in [0.717, 1.165) is 18.2 Å². The molecule has 0 radical (unpaired) electrons. The first kappa shape index (κ1) is 15.2. The molecule has 0 aliphatic rings. The number of halogens is 1. The molecule has 0 fully saturated rings. The van der Waals surface area contributed by atoms with Crippen molar-refractivity contribution in [3.05, 3.63) is 35.9 Å². The second kappa shape index (κ2) is 8.30. The first-order chi connectivity index (χ1) is 8.65. The Hall–Kier alpha value is -0.830. The van der Waals surface area contributed by atoms with E-state index in [1.807, 2.05) is 18.2 Å². The van der Waals surface area contributed by atoms with Crippen LogP contribution in [0.2, 0.25) is 0 Å². The fourth-order valence-electron chi connectivity index (χ4n) is 1.79. The molecule has 1 aromatic carbocycles. The summed E-state index contributed by atoms with van der Waals surface area (Å²) in [5.41, 5.74) is 1.26. The van der Waals surface area contributed by atoms with E-state index >= 15 is 0 Å². The highest BCUT2D eigenvalue weighted by Gasteiger charge is 2.13. The molecule has 2 nitrogen and oxygen atoms in total. The Labute approximate surface area is 118 Å². The number of carbonyl (C=O) groups excluding carboxylic acids is 1. The van der Waals surface area contributed by atoms with Gasteiger partial charge >= 0.3 is 0 Å². The normalized spacial score (nSPS) is 13.9. The predicted molar refractivity (Wildman–Crippen MR) is 79.9 cm³/mol. The van der Waals surface area contributed by atoms with Crippen LogP contribution in [0.4, 0.5) is 0 Å². The molecule has 2 unspecified atom stereocenters. The molecule has 18 heavy (non-hydrogen) atoms. The fourth-order valence-corrected chi connectivity index (χ4v) is 2.18. The van der Waals surface area contributed by atoms with Crippen LogP contribution in [0.1, 0.15) is 32.3 Å². The lowest BCUT2D eigenvalue weighted by molar-refractivity contribution is -0.122. The van der Waals surface area contributed by atoms with Crippen LogP contribution in [0.15, 0.2) is 30.3 Å². The molecule has 0 saturated carbocycles. The summed E-state index contributed by atoms with van der Waals surface area (Å²) in [4.78, 5) is 11.8. The van der Waals surface area contributed by atoms with Crippen molar-refractivity contribution >= 4 is 21.8 Å². The Balaban J connectivity index is 2.45. The minimum atomic E-state index is 0.157. The Bertz CT molecular complexity index is 353. The van der Waals surface area contributed by atoms with Gasteiger partial charge in [0.25, 0.3) is 0 Å². The van der Waals surface area contributed by atoms with Crippen molar-refractivity contribution < 1.29 is 4.79 Å². The Morgan fingerprint density at radius 3 is 2.56 bits per heavy atom. The van der Waals surface area contributed by atoms with Crippen LogP contribution in [0.5, 0.6) is 0 Å². The maximum Gasteiger partial charge on any atom is 0.220 e. The second-order valence-corrected chi connectivity index (χ2v) is 5.47. The molecule has 0 heterocycles. The minimum absolute atomic E-state index is 0.157. The van der Waals surface area contributed by atoms with Gasteiger partial charge in [-0.15, -0.1) is 0 Å². The summed E-state index contributed by atoms with van der Waals surface area (Å²) in [6.45, 7) is 4.23. The number of rotatable bonds is 7. The van der Waals surface area contributed by atoms with Crippen molar-refractivity contribution in [2.24, 2.45) is 5.92 Å². The highest BCUT2D eigenvalue weighted by molar-refractivity contribution is 9.09. The van der Waals surface area contributed by atoms with Gasteiger partial charge in [0.1, 0.15) is 0 Å². The summed E-state index contributed by atoms with van der Waals surface area (Å²) in [5, 5.41) is 3.88. The zero-order chi connectivity index (χ0) is 13.4. The van der Waals surface area contributed by atoms with Crippen molar-refractivity contribution in [2.45, 2.75) is 39.2 Å². The van der Waals surface area contributed by atoms with Crippen LogP contribution in [0, 0.1) is 5.92 Å². The van der Waals surface area contributed by atoms with E-state index in [-0.39, 0.29) is 11.9 Å². The molecule has 0 aromatic heterocycles. The summed E-state index contributed by atoms with van der Waals surface area (Å²) in [7, 11) is 0. The maximum atomic E-state index is 11.8. The molecule has 1 amide bonds. The minimum Gasteiger partial charge on any atom is -0.352 e. The van der Waals surface area contributed by atoms with Crippen LogP contribution in [-0.2, 0) is 11.2 Å². The Morgan fingerprint density at radius 1 is 1.33 bits per heavy atom. The van der Waals surface area contributed by atoms with Crippen LogP contribution in [0.25, 0.3) is 0 Å². The summed E-state index contributed by atoms with van der Waals surface area (Å²) in [6, 6.07) is 10.4. The van der Waals surface area contributed by atoms with Gasteiger partial charge in [0.15, 0.2) is 0 Å². The Kier molecular flexibility index (Phi) is 7.02. The molecule has 1 N–H and O–H groups in total. The SMILES string of the molecule is CCC(C)CC(=O)NC(CBr)Cc1ccccc1. The van der Waals surface area contributed by atoms with Crippen LogP contribution in [-0.4, -0.2) is 17.3 Å². The van der Waals surface area contributed by atoms with Crippen LogP contribution in [0.3, 0.4) is 0 Å². The number of alkyl halides is 1. The summed E-state index contributed by atoms with van der Waals surface area (Å²) < 4.78 is 0. The van der Waals surface area contributed by atoms with Gasteiger partial charge in [0.05, 0.1) is 0 Å². The lowest BCUT2D eigenvalue weighted by atomic mass is 10.0. The van der Waals surface area contributed by atoms with Gasteiger partial charge in [-0.1, -0.05) is 66.5 Å². The quantitative estimate of drug-likeness (QED) is 0.767. The second-order valence-electron chi connectivity index (χ2n) is 4.83. The topological polar surface area (TPSA) is 29.1 Å². The van der Waals surface area contributed by atoms with Crippen molar-refractivity contribution in [1.29, 1.82) is 0 Å². The molecule has 0 aliphatic heterocycles. The third-order valence-electron chi connectivity index (χ3n) is 3.11. The first-order valence-electron chi connectivity index (χ1n) is 6.55. The average Bonchev–Trinajstić information content (AvgIpc) is 2.38. The third kappa shape index (κ3) is 5.67. The molecule has 100 valence electrons. The lowest BCUT2D eigenvalue weighted by Crippen LogP contribution is -2.38. The van der Waals surface area contributed by atoms with Crippen molar-refractivity contribution in [1.82, 2.24) is 5.32 Å². The molecule has 1 aromatic rings. The number of amides is 1. The third-order valence-corrected chi connectivity index (χ3v) is 3.89. The van der Waals surface area contributed by atoms with E-state index in [2.05, 4.69) is 47.2 Å². The van der Waals surface area contributed by atoms with E-state index in [9.17, 15) is 4.79 Å². The van der Waals surface area contributed by atoms with Gasteiger partial charge < -0.3 is 5.32 Å².